The van der Waals surface area contributed by atoms with E-state index in [2.05, 4.69) is 22.0 Å². The molecule has 20 heavy (non-hydrogen) atoms. The largest absolute Gasteiger partial charge is 0.392 e. The maximum absolute atomic E-state index is 10.6. The highest BCUT2D eigenvalue weighted by atomic mass is 79.9. The molecule has 1 aromatic rings. The van der Waals surface area contributed by atoms with Gasteiger partial charge in [-0.15, -0.1) is 0 Å². The van der Waals surface area contributed by atoms with Crippen molar-refractivity contribution >= 4 is 27.7 Å². The maximum atomic E-state index is 10.6. The van der Waals surface area contributed by atoms with Crippen molar-refractivity contribution in [1.29, 1.82) is 0 Å². The summed E-state index contributed by atoms with van der Waals surface area (Å²) in [4.78, 5) is 0. The van der Waals surface area contributed by atoms with E-state index in [-0.39, 0.29) is 11.7 Å². The van der Waals surface area contributed by atoms with Crippen LogP contribution in [0.2, 0.25) is 0 Å². The van der Waals surface area contributed by atoms with Gasteiger partial charge in [0, 0.05) is 16.8 Å². The van der Waals surface area contributed by atoms with Crippen LogP contribution in [0.5, 0.6) is 0 Å². The Bertz CT molecular complexity index is 460. The van der Waals surface area contributed by atoms with E-state index in [4.69, 9.17) is 4.74 Å². The molecule has 110 valence electrons. The fraction of sp³-hybridized carbons (Fsp3) is 0.625. The second kappa shape index (κ2) is 6.39. The molecule has 0 radical (unpaired) electrons. The number of aliphatic hydroxyl groups is 1. The van der Waals surface area contributed by atoms with Crippen LogP contribution in [0.1, 0.15) is 24.8 Å². The van der Waals surface area contributed by atoms with E-state index >= 15 is 0 Å². The lowest BCUT2D eigenvalue weighted by Crippen LogP contribution is -2.43. The molecule has 3 atom stereocenters. The average Bonchev–Trinajstić information content (AvgIpc) is 2.89. The minimum atomic E-state index is -0.264. The molecule has 4 heteroatoms. The Kier molecular flexibility index (Phi) is 4.75. The van der Waals surface area contributed by atoms with Crippen molar-refractivity contribution in [2.24, 2.45) is 5.92 Å². The van der Waals surface area contributed by atoms with Gasteiger partial charge in [-0.05, 0) is 49.0 Å². The van der Waals surface area contributed by atoms with Crippen molar-refractivity contribution < 1.29 is 9.84 Å². The third-order valence-corrected chi connectivity index (χ3v) is 6.53. The Labute approximate surface area is 133 Å². The lowest BCUT2D eigenvalue weighted by atomic mass is 9.81. The number of aliphatic hydroxyl groups excluding tert-OH is 1. The van der Waals surface area contributed by atoms with Crippen LogP contribution in [0.25, 0.3) is 0 Å². The van der Waals surface area contributed by atoms with E-state index in [9.17, 15) is 5.11 Å². The van der Waals surface area contributed by atoms with Crippen LogP contribution < -0.4 is 0 Å². The van der Waals surface area contributed by atoms with Gasteiger partial charge in [-0.3, -0.25) is 0 Å². The van der Waals surface area contributed by atoms with Gasteiger partial charge >= 0.3 is 0 Å². The van der Waals surface area contributed by atoms with Crippen molar-refractivity contribution in [2.45, 2.75) is 37.4 Å². The normalized spacial score (nSPS) is 31.6. The predicted octanol–water partition coefficient (Wildman–Crippen LogP) is 3.65. The lowest BCUT2D eigenvalue weighted by Gasteiger charge is -2.39. The lowest BCUT2D eigenvalue weighted by molar-refractivity contribution is -0.101. The fourth-order valence-corrected chi connectivity index (χ4v) is 5.14. The number of rotatable bonds is 3. The van der Waals surface area contributed by atoms with Crippen LogP contribution in [0.3, 0.4) is 0 Å². The van der Waals surface area contributed by atoms with Gasteiger partial charge in [-0.25, -0.2) is 0 Å². The molecule has 2 nitrogen and oxygen atoms in total. The van der Waals surface area contributed by atoms with Crippen LogP contribution in [-0.2, 0) is 11.2 Å². The zero-order valence-electron chi connectivity index (χ0n) is 11.6. The van der Waals surface area contributed by atoms with Crippen LogP contribution in [0.15, 0.2) is 28.7 Å². The molecule has 0 aliphatic carbocycles. The van der Waals surface area contributed by atoms with Crippen molar-refractivity contribution in [3.63, 3.8) is 0 Å². The second-order valence-electron chi connectivity index (χ2n) is 5.95. The van der Waals surface area contributed by atoms with Gasteiger partial charge in [0.05, 0.1) is 11.7 Å². The zero-order valence-corrected chi connectivity index (χ0v) is 14.0. The summed E-state index contributed by atoms with van der Waals surface area (Å²) in [5.74, 6) is 2.67. The summed E-state index contributed by atoms with van der Waals surface area (Å²) in [7, 11) is 0. The molecule has 3 rings (SSSR count). The number of hydrogen-bond donors (Lipinski definition) is 1. The highest BCUT2D eigenvalue weighted by molar-refractivity contribution is 9.10. The number of ether oxygens (including phenoxy) is 1. The minimum absolute atomic E-state index is 0.0580. The van der Waals surface area contributed by atoms with Crippen molar-refractivity contribution in [1.82, 2.24) is 0 Å². The van der Waals surface area contributed by atoms with Crippen molar-refractivity contribution in [2.75, 3.05) is 18.1 Å². The van der Waals surface area contributed by atoms with Crippen LogP contribution in [-0.4, -0.2) is 34.9 Å². The molecule has 1 N–H and O–H groups in total. The smallest absolute Gasteiger partial charge is 0.0783 e. The van der Waals surface area contributed by atoms with E-state index < -0.39 is 0 Å². The molecular weight excluding hydrogens is 336 g/mol. The topological polar surface area (TPSA) is 29.5 Å². The SMILES string of the molecule is OC(Cc1ccccc1Br)C1CCOC2(CCSC2)C1. The standard InChI is InChI=1S/C16H21BrO2S/c17-14-4-2-1-3-12(14)9-15(18)13-5-7-19-16(10-13)6-8-20-11-16/h1-4,13,15,18H,5-11H2. The monoisotopic (exact) mass is 356 g/mol. The Morgan fingerprint density at radius 2 is 2.30 bits per heavy atom. The summed E-state index contributed by atoms with van der Waals surface area (Å²) in [6.45, 7) is 0.804. The fourth-order valence-electron chi connectivity index (χ4n) is 3.31. The number of halogens is 1. The molecule has 1 aromatic carbocycles. The number of benzene rings is 1. The molecular formula is C16H21BrO2S. The Morgan fingerprint density at radius 1 is 1.45 bits per heavy atom. The number of hydrogen-bond acceptors (Lipinski definition) is 3. The highest BCUT2D eigenvalue weighted by Gasteiger charge is 2.42. The third kappa shape index (κ3) is 3.24. The summed E-state index contributed by atoms with van der Waals surface area (Å²) in [5, 5.41) is 10.6. The first-order valence-electron chi connectivity index (χ1n) is 7.32. The zero-order chi connectivity index (χ0) is 14.0. The Hall–Kier alpha value is -0.0300. The van der Waals surface area contributed by atoms with Gasteiger partial charge < -0.3 is 9.84 Å². The van der Waals surface area contributed by atoms with Gasteiger partial charge in [0.1, 0.15) is 0 Å². The highest BCUT2D eigenvalue weighted by Crippen LogP contribution is 2.41. The molecule has 2 heterocycles. The van der Waals surface area contributed by atoms with E-state index in [1.165, 1.54) is 11.3 Å². The van der Waals surface area contributed by atoms with Gasteiger partial charge in [0.25, 0.3) is 0 Å². The van der Waals surface area contributed by atoms with Crippen molar-refractivity contribution in [3.05, 3.63) is 34.3 Å². The van der Waals surface area contributed by atoms with E-state index in [0.29, 0.717) is 5.92 Å². The summed E-state index contributed by atoms with van der Waals surface area (Å²) in [5.41, 5.74) is 1.25. The van der Waals surface area contributed by atoms with Crippen LogP contribution >= 0.6 is 27.7 Å². The molecule has 2 fully saturated rings. The van der Waals surface area contributed by atoms with Gasteiger partial charge in [0.2, 0.25) is 0 Å². The first kappa shape index (κ1) is 14.9. The summed E-state index contributed by atoms with van der Waals surface area (Å²) >= 11 is 5.55. The van der Waals surface area contributed by atoms with Gasteiger partial charge in [0.15, 0.2) is 0 Å². The van der Waals surface area contributed by atoms with E-state index in [0.717, 1.165) is 42.5 Å². The van der Waals surface area contributed by atoms with E-state index in [1.807, 2.05) is 30.0 Å². The van der Waals surface area contributed by atoms with Crippen LogP contribution in [0, 0.1) is 5.92 Å². The number of thioether (sulfide) groups is 1. The summed E-state index contributed by atoms with van der Waals surface area (Å²) < 4.78 is 7.13. The summed E-state index contributed by atoms with van der Waals surface area (Å²) in [6.07, 6.45) is 3.62. The molecule has 0 aromatic heterocycles. The van der Waals surface area contributed by atoms with E-state index in [1.54, 1.807) is 0 Å². The summed E-state index contributed by atoms with van der Waals surface area (Å²) in [6, 6.07) is 8.18. The second-order valence-corrected chi connectivity index (χ2v) is 7.91. The Morgan fingerprint density at radius 3 is 3.05 bits per heavy atom. The molecule has 2 saturated heterocycles. The molecule has 2 aliphatic heterocycles. The molecule has 0 saturated carbocycles. The maximum Gasteiger partial charge on any atom is 0.0783 e. The molecule has 0 bridgehead atoms. The quantitative estimate of drug-likeness (QED) is 0.895. The molecule has 1 spiro atoms. The van der Waals surface area contributed by atoms with Crippen molar-refractivity contribution in [3.8, 4) is 0 Å². The molecule has 2 aliphatic rings. The molecule has 0 amide bonds. The van der Waals surface area contributed by atoms with Gasteiger partial charge in [-0.1, -0.05) is 34.1 Å². The molecule has 3 unspecified atom stereocenters. The minimum Gasteiger partial charge on any atom is -0.392 e. The third-order valence-electron chi connectivity index (χ3n) is 4.53. The van der Waals surface area contributed by atoms with Gasteiger partial charge in [-0.2, -0.15) is 11.8 Å². The first-order chi connectivity index (χ1) is 9.69. The average molecular weight is 357 g/mol. The predicted molar refractivity (Wildman–Crippen MR) is 87.2 cm³/mol. The van der Waals surface area contributed by atoms with Crippen LogP contribution in [0.4, 0.5) is 0 Å². The first-order valence-corrected chi connectivity index (χ1v) is 9.26. The Balaban J connectivity index is 1.65.